The molecule has 1 aromatic carbocycles. The van der Waals surface area contributed by atoms with Gasteiger partial charge in [-0.1, -0.05) is 18.2 Å². The number of benzene rings is 1. The second kappa shape index (κ2) is 5.31. The molecule has 102 valence electrons. The van der Waals surface area contributed by atoms with Gasteiger partial charge in [0, 0.05) is 35.9 Å². The van der Waals surface area contributed by atoms with Crippen LogP contribution in [0.5, 0.6) is 0 Å². The molecule has 3 aromatic rings. The minimum absolute atomic E-state index is 0.122. The Morgan fingerprint density at radius 2 is 2.10 bits per heavy atom. The Labute approximate surface area is 122 Å². The number of nitrogens with one attached hydrogen (secondary N) is 1. The molecule has 0 saturated heterocycles. The zero-order valence-corrected chi connectivity index (χ0v) is 12.4. The van der Waals surface area contributed by atoms with Crippen molar-refractivity contribution in [3.8, 4) is 0 Å². The Morgan fingerprint density at radius 1 is 1.20 bits per heavy atom. The van der Waals surface area contributed by atoms with Crippen molar-refractivity contribution in [1.29, 1.82) is 0 Å². The van der Waals surface area contributed by atoms with Gasteiger partial charge in [-0.3, -0.25) is 4.98 Å². The fourth-order valence-corrected chi connectivity index (χ4v) is 3.01. The summed E-state index contributed by atoms with van der Waals surface area (Å²) in [7, 11) is 0. The minimum atomic E-state index is -0.122. The molecule has 0 unspecified atom stereocenters. The van der Waals surface area contributed by atoms with Gasteiger partial charge in [-0.25, -0.2) is 4.98 Å². The molecular formula is C16H17N3S. The number of hydrogen-bond acceptors (Lipinski definition) is 4. The molecule has 0 radical (unpaired) electrons. The fraction of sp³-hybridized carbons (Fsp3) is 0.250. The van der Waals surface area contributed by atoms with Crippen LogP contribution in [0.25, 0.3) is 10.8 Å². The Balaban J connectivity index is 1.84. The molecular weight excluding hydrogens is 266 g/mol. The Kier molecular flexibility index (Phi) is 3.51. The van der Waals surface area contributed by atoms with E-state index in [0.29, 0.717) is 0 Å². The molecule has 0 atom stereocenters. The highest BCUT2D eigenvalue weighted by molar-refractivity contribution is 7.09. The van der Waals surface area contributed by atoms with E-state index in [2.05, 4.69) is 53.4 Å². The molecule has 3 nitrogen and oxygen atoms in total. The maximum absolute atomic E-state index is 4.41. The molecule has 0 aliphatic rings. The highest BCUT2D eigenvalue weighted by Gasteiger charge is 2.22. The molecule has 0 aliphatic carbocycles. The number of hydrogen-bond donors (Lipinski definition) is 1. The molecule has 0 aliphatic heterocycles. The van der Waals surface area contributed by atoms with Crippen LogP contribution in [0.3, 0.4) is 0 Å². The molecule has 0 saturated carbocycles. The molecule has 0 bridgehead atoms. The highest BCUT2D eigenvalue weighted by atomic mass is 32.1. The third-order valence-electron chi connectivity index (χ3n) is 3.46. The monoisotopic (exact) mass is 283 g/mol. The van der Waals surface area contributed by atoms with Gasteiger partial charge in [0.1, 0.15) is 5.01 Å². The number of nitrogens with zero attached hydrogens (tertiary/aromatic N) is 2. The van der Waals surface area contributed by atoms with Crippen molar-refractivity contribution in [2.24, 2.45) is 0 Å². The summed E-state index contributed by atoms with van der Waals surface area (Å²) in [4.78, 5) is 8.58. The van der Waals surface area contributed by atoms with Gasteiger partial charge in [-0.05, 0) is 30.9 Å². The van der Waals surface area contributed by atoms with Gasteiger partial charge in [-0.2, -0.15) is 0 Å². The number of thiazole rings is 1. The predicted molar refractivity (Wildman–Crippen MR) is 83.7 cm³/mol. The van der Waals surface area contributed by atoms with E-state index >= 15 is 0 Å². The Hall–Kier alpha value is -1.78. The van der Waals surface area contributed by atoms with Crippen LogP contribution >= 0.6 is 11.3 Å². The largest absolute Gasteiger partial charge is 0.302 e. The van der Waals surface area contributed by atoms with Gasteiger partial charge in [0.15, 0.2) is 0 Å². The summed E-state index contributed by atoms with van der Waals surface area (Å²) < 4.78 is 0. The van der Waals surface area contributed by atoms with Crippen LogP contribution in [0, 0.1) is 0 Å². The van der Waals surface area contributed by atoms with Gasteiger partial charge >= 0.3 is 0 Å². The third-order valence-corrected chi connectivity index (χ3v) is 4.56. The summed E-state index contributed by atoms with van der Waals surface area (Å²) >= 11 is 1.69. The lowest BCUT2D eigenvalue weighted by Crippen LogP contribution is -2.35. The summed E-state index contributed by atoms with van der Waals surface area (Å²) in [6, 6.07) is 8.41. The van der Waals surface area contributed by atoms with E-state index in [1.165, 1.54) is 16.3 Å². The van der Waals surface area contributed by atoms with E-state index in [1.807, 2.05) is 24.0 Å². The maximum atomic E-state index is 4.41. The molecule has 4 heteroatoms. The summed E-state index contributed by atoms with van der Waals surface area (Å²) in [5, 5.41) is 9.16. The van der Waals surface area contributed by atoms with Gasteiger partial charge < -0.3 is 5.32 Å². The highest BCUT2D eigenvalue weighted by Crippen LogP contribution is 2.24. The molecule has 3 rings (SSSR count). The second-order valence-corrected chi connectivity index (χ2v) is 6.22. The summed E-state index contributed by atoms with van der Waals surface area (Å²) in [6.45, 7) is 5.14. The molecule has 2 aromatic heterocycles. The normalized spacial score (nSPS) is 11.9. The van der Waals surface area contributed by atoms with Crippen LogP contribution in [-0.2, 0) is 12.1 Å². The van der Waals surface area contributed by atoms with Crippen LogP contribution < -0.4 is 5.32 Å². The van der Waals surface area contributed by atoms with Crippen molar-refractivity contribution in [2.45, 2.75) is 25.9 Å². The first-order chi connectivity index (χ1) is 9.67. The first-order valence-corrected chi connectivity index (χ1v) is 7.51. The fourth-order valence-electron chi connectivity index (χ4n) is 2.27. The van der Waals surface area contributed by atoms with Crippen molar-refractivity contribution in [1.82, 2.24) is 15.3 Å². The molecule has 0 spiro atoms. The number of fused-ring (bicyclic) bond motifs is 1. The lowest BCUT2D eigenvalue weighted by atomic mass is 10.0. The molecule has 0 fully saturated rings. The zero-order valence-electron chi connectivity index (χ0n) is 11.6. The van der Waals surface area contributed by atoms with E-state index in [1.54, 1.807) is 11.3 Å². The van der Waals surface area contributed by atoms with Crippen molar-refractivity contribution in [3.05, 3.63) is 58.8 Å². The molecule has 2 heterocycles. The van der Waals surface area contributed by atoms with Crippen LogP contribution in [-0.4, -0.2) is 9.97 Å². The average molecular weight is 283 g/mol. The van der Waals surface area contributed by atoms with Gasteiger partial charge in [0.25, 0.3) is 0 Å². The lowest BCUT2D eigenvalue weighted by molar-refractivity contribution is 0.400. The van der Waals surface area contributed by atoms with Gasteiger partial charge in [0.2, 0.25) is 0 Å². The maximum Gasteiger partial charge on any atom is 0.112 e. The summed E-state index contributed by atoms with van der Waals surface area (Å²) in [5.41, 5.74) is 1.16. The van der Waals surface area contributed by atoms with Crippen LogP contribution in [0.15, 0.2) is 48.2 Å². The first kappa shape index (κ1) is 13.2. The average Bonchev–Trinajstić information content (AvgIpc) is 3.00. The standard InChI is InChI=1S/C16H17N3S/c1-16(2,15-18-8-9-20-15)19-11-13-5-3-4-12-10-17-7-6-14(12)13/h3-10,19H,11H2,1-2H3. The van der Waals surface area contributed by atoms with Gasteiger partial charge in [-0.15, -0.1) is 11.3 Å². The van der Waals surface area contributed by atoms with Crippen LogP contribution in [0.4, 0.5) is 0 Å². The van der Waals surface area contributed by atoms with E-state index in [4.69, 9.17) is 0 Å². The van der Waals surface area contributed by atoms with Crippen LogP contribution in [0.1, 0.15) is 24.4 Å². The Bertz CT molecular complexity index is 699. The smallest absolute Gasteiger partial charge is 0.112 e. The SMILES string of the molecule is CC(C)(NCc1cccc2cnccc12)c1nccs1. The van der Waals surface area contributed by atoms with E-state index in [9.17, 15) is 0 Å². The molecule has 0 amide bonds. The predicted octanol–water partition coefficient (Wildman–Crippen LogP) is 3.72. The van der Waals surface area contributed by atoms with Gasteiger partial charge in [0.05, 0.1) is 5.54 Å². The minimum Gasteiger partial charge on any atom is -0.302 e. The van der Waals surface area contributed by atoms with Crippen molar-refractivity contribution >= 4 is 22.1 Å². The second-order valence-electron chi connectivity index (χ2n) is 5.33. The van der Waals surface area contributed by atoms with E-state index < -0.39 is 0 Å². The summed E-state index contributed by atoms with van der Waals surface area (Å²) in [5.74, 6) is 0. The van der Waals surface area contributed by atoms with Crippen molar-refractivity contribution in [3.63, 3.8) is 0 Å². The Morgan fingerprint density at radius 3 is 2.90 bits per heavy atom. The number of rotatable bonds is 4. The quantitative estimate of drug-likeness (QED) is 0.793. The zero-order chi connectivity index (χ0) is 14.0. The number of aromatic nitrogens is 2. The van der Waals surface area contributed by atoms with E-state index in [0.717, 1.165) is 11.6 Å². The van der Waals surface area contributed by atoms with Crippen molar-refractivity contribution in [2.75, 3.05) is 0 Å². The topological polar surface area (TPSA) is 37.8 Å². The third kappa shape index (κ3) is 2.57. The first-order valence-electron chi connectivity index (χ1n) is 6.63. The number of pyridine rings is 1. The summed E-state index contributed by atoms with van der Waals surface area (Å²) in [6.07, 6.45) is 5.61. The van der Waals surface area contributed by atoms with Crippen molar-refractivity contribution < 1.29 is 0 Å². The molecule has 1 N–H and O–H groups in total. The van der Waals surface area contributed by atoms with E-state index in [-0.39, 0.29) is 5.54 Å². The van der Waals surface area contributed by atoms with Crippen LogP contribution in [0.2, 0.25) is 0 Å². The lowest BCUT2D eigenvalue weighted by Gasteiger charge is -2.24. The molecule has 20 heavy (non-hydrogen) atoms.